The van der Waals surface area contributed by atoms with Gasteiger partial charge in [0.2, 0.25) is 0 Å². The van der Waals surface area contributed by atoms with Gasteiger partial charge in [0.25, 0.3) is 0 Å². The summed E-state index contributed by atoms with van der Waals surface area (Å²) in [5.41, 5.74) is 2.86. The summed E-state index contributed by atoms with van der Waals surface area (Å²) in [5.74, 6) is 0.596. The SMILES string of the molecule is Clc1cccc(CN2CC3=c4ccccc4=CNCC3C2)c1. The van der Waals surface area contributed by atoms with Crippen molar-refractivity contribution in [2.45, 2.75) is 6.54 Å². The molecule has 1 atom stereocenters. The van der Waals surface area contributed by atoms with Crippen LogP contribution >= 0.6 is 11.6 Å². The van der Waals surface area contributed by atoms with Crippen LogP contribution in [0.5, 0.6) is 0 Å². The Morgan fingerprint density at radius 2 is 2.05 bits per heavy atom. The molecule has 1 fully saturated rings. The summed E-state index contributed by atoms with van der Waals surface area (Å²) >= 11 is 6.10. The van der Waals surface area contributed by atoms with Gasteiger partial charge in [-0.05, 0) is 33.7 Å². The fraction of sp³-hybridized carbons (Fsp3) is 0.263. The van der Waals surface area contributed by atoms with E-state index in [9.17, 15) is 0 Å². The number of nitrogens with zero attached hydrogens (tertiary/aromatic N) is 1. The quantitative estimate of drug-likeness (QED) is 0.912. The van der Waals surface area contributed by atoms with Crippen molar-refractivity contribution in [2.75, 3.05) is 19.6 Å². The zero-order valence-corrected chi connectivity index (χ0v) is 13.2. The topological polar surface area (TPSA) is 15.3 Å². The van der Waals surface area contributed by atoms with Gasteiger partial charge in [0.15, 0.2) is 0 Å². The monoisotopic (exact) mass is 310 g/mol. The normalized spacial score (nSPS) is 20.6. The van der Waals surface area contributed by atoms with Crippen LogP contribution in [0.2, 0.25) is 5.02 Å². The predicted molar refractivity (Wildman–Crippen MR) is 91.8 cm³/mol. The van der Waals surface area contributed by atoms with E-state index in [2.05, 4.69) is 52.8 Å². The second-order valence-electron chi connectivity index (χ2n) is 6.16. The van der Waals surface area contributed by atoms with E-state index >= 15 is 0 Å². The van der Waals surface area contributed by atoms with E-state index in [-0.39, 0.29) is 0 Å². The molecule has 1 N–H and O–H groups in total. The van der Waals surface area contributed by atoms with Crippen LogP contribution in [0.25, 0.3) is 11.8 Å². The molecule has 4 rings (SSSR count). The van der Waals surface area contributed by atoms with Gasteiger partial charge in [0, 0.05) is 43.3 Å². The Balaban J connectivity index is 1.66. The molecule has 2 aromatic carbocycles. The molecule has 1 unspecified atom stereocenters. The van der Waals surface area contributed by atoms with Crippen LogP contribution in [0.15, 0.2) is 48.5 Å². The number of rotatable bonds is 2. The average molecular weight is 311 g/mol. The van der Waals surface area contributed by atoms with Crippen LogP contribution in [0.3, 0.4) is 0 Å². The van der Waals surface area contributed by atoms with E-state index in [0.717, 1.165) is 31.2 Å². The first-order chi connectivity index (χ1) is 10.8. The Hall–Kier alpha value is -1.77. The lowest BCUT2D eigenvalue weighted by Gasteiger charge is -2.15. The molecule has 0 spiro atoms. The number of fused-ring (bicyclic) bond motifs is 2. The molecule has 0 amide bonds. The molecule has 2 aliphatic rings. The fourth-order valence-corrected chi connectivity index (χ4v) is 3.80. The van der Waals surface area contributed by atoms with E-state index in [1.165, 1.54) is 16.0 Å². The number of hydrogen-bond acceptors (Lipinski definition) is 2. The minimum absolute atomic E-state index is 0.596. The molecule has 2 aromatic rings. The molecule has 112 valence electrons. The Morgan fingerprint density at radius 3 is 2.95 bits per heavy atom. The van der Waals surface area contributed by atoms with Crippen LogP contribution in [-0.4, -0.2) is 24.5 Å². The highest BCUT2D eigenvalue weighted by molar-refractivity contribution is 6.30. The summed E-state index contributed by atoms with van der Waals surface area (Å²) in [4.78, 5) is 2.52. The Bertz CT molecular complexity index is 812. The third-order valence-electron chi connectivity index (χ3n) is 4.59. The van der Waals surface area contributed by atoms with Crippen molar-refractivity contribution < 1.29 is 0 Å². The molecular formula is C19H19ClN2. The largest absolute Gasteiger partial charge is 0.390 e. The summed E-state index contributed by atoms with van der Waals surface area (Å²) in [6.45, 7) is 4.14. The van der Waals surface area contributed by atoms with Gasteiger partial charge in [-0.1, -0.05) is 48.0 Å². The van der Waals surface area contributed by atoms with Gasteiger partial charge in [0.1, 0.15) is 0 Å². The molecular weight excluding hydrogens is 292 g/mol. The summed E-state index contributed by atoms with van der Waals surface area (Å²) in [6, 6.07) is 16.9. The van der Waals surface area contributed by atoms with Gasteiger partial charge in [-0.3, -0.25) is 4.90 Å². The third kappa shape index (κ3) is 2.65. The summed E-state index contributed by atoms with van der Waals surface area (Å²) in [7, 11) is 0. The van der Waals surface area contributed by atoms with Crippen LogP contribution in [0.4, 0.5) is 0 Å². The first kappa shape index (κ1) is 13.9. The minimum Gasteiger partial charge on any atom is -0.390 e. The summed E-state index contributed by atoms with van der Waals surface area (Å²) < 4.78 is 0. The highest BCUT2D eigenvalue weighted by Gasteiger charge is 2.28. The first-order valence-electron chi connectivity index (χ1n) is 7.78. The van der Waals surface area contributed by atoms with Gasteiger partial charge < -0.3 is 5.32 Å². The third-order valence-corrected chi connectivity index (χ3v) is 4.82. The van der Waals surface area contributed by atoms with Crippen molar-refractivity contribution in [3.8, 4) is 0 Å². The summed E-state index contributed by atoms with van der Waals surface area (Å²) in [5, 5.41) is 7.01. The second kappa shape index (κ2) is 5.79. The van der Waals surface area contributed by atoms with Gasteiger partial charge in [0.05, 0.1) is 0 Å². The molecule has 2 aliphatic heterocycles. The van der Waals surface area contributed by atoms with Crippen molar-refractivity contribution in [3.05, 3.63) is 69.6 Å². The molecule has 2 heterocycles. The van der Waals surface area contributed by atoms with E-state index < -0.39 is 0 Å². The fourth-order valence-electron chi connectivity index (χ4n) is 3.59. The lowest BCUT2D eigenvalue weighted by molar-refractivity contribution is 0.317. The standard InChI is InChI=1S/C19H19ClN2/c20-17-6-3-4-14(8-17)11-22-12-16-10-21-9-15-5-1-2-7-18(15)19(16)13-22/h1-9,16,21H,10-13H2. The first-order valence-corrected chi connectivity index (χ1v) is 8.16. The molecule has 0 radical (unpaired) electrons. The van der Waals surface area contributed by atoms with E-state index in [1.54, 1.807) is 5.57 Å². The highest BCUT2D eigenvalue weighted by atomic mass is 35.5. The maximum absolute atomic E-state index is 6.10. The van der Waals surface area contributed by atoms with Crippen molar-refractivity contribution in [3.63, 3.8) is 0 Å². The van der Waals surface area contributed by atoms with Crippen molar-refractivity contribution in [2.24, 2.45) is 5.92 Å². The molecule has 22 heavy (non-hydrogen) atoms. The zero-order valence-electron chi connectivity index (χ0n) is 12.4. The molecule has 0 aliphatic carbocycles. The van der Waals surface area contributed by atoms with Gasteiger partial charge in [-0.25, -0.2) is 0 Å². The molecule has 0 saturated carbocycles. The Kier molecular flexibility index (Phi) is 3.65. The van der Waals surface area contributed by atoms with E-state index in [4.69, 9.17) is 11.6 Å². The Labute approximate surface area is 135 Å². The van der Waals surface area contributed by atoms with Gasteiger partial charge >= 0.3 is 0 Å². The minimum atomic E-state index is 0.596. The zero-order chi connectivity index (χ0) is 14.9. The highest BCUT2D eigenvalue weighted by Crippen LogP contribution is 2.25. The van der Waals surface area contributed by atoms with Crippen LogP contribution < -0.4 is 15.8 Å². The lowest BCUT2D eigenvalue weighted by atomic mass is 10.0. The molecule has 0 aromatic heterocycles. The maximum atomic E-state index is 6.10. The van der Waals surface area contributed by atoms with Gasteiger partial charge in [-0.15, -0.1) is 0 Å². The molecule has 2 nitrogen and oxygen atoms in total. The Morgan fingerprint density at radius 1 is 1.14 bits per heavy atom. The molecule has 0 bridgehead atoms. The van der Waals surface area contributed by atoms with Crippen molar-refractivity contribution in [1.29, 1.82) is 0 Å². The van der Waals surface area contributed by atoms with Crippen molar-refractivity contribution >= 4 is 23.4 Å². The number of nitrogens with one attached hydrogen (secondary N) is 1. The molecule has 3 heteroatoms. The van der Waals surface area contributed by atoms with E-state index in [1.807, 2.05) is 12.1 Å². The van der Waals surface area contributed by atoms with Crippen LogP contribution in [0, 0.1) is 5.92 Å². The van der Waals surface area contributed by atoms with Gasteiger partial charge in [-0.2, -0.15) is 0 Å². The maximum Gasteiger partial charge on any atom is 0.0409 e. The number of hydrogen-bond donors (Lipinski definition) is 1. The smallest absolute Gasteiger partial charge is 0.0409 e. The number of benzene rings is 2. The lowest BCUT2D eigenvalue weighted by Crippen LogP contribution is -2.28. The second-order valence-corrected chi connectivity index (χ2v) is 6.60. The predicted octanol–water partition coefficient (Wildman–Crippen LogP) is 1.96. The number of likely N-dealkylation sites (tertiary alicyclic amines) is 1. The summed E-state index contributed by atoms with van der Waals surface area (Å²) in [6.07, 6.45) is 2.15. The van der Waals surface area contributed by atoms with Crippen LogP contribution in [-0.2, 0) is 6.54 Å². The van der Waals surface area contributed by atoms with Crippen molar-refractivity contribution in [1.82, 2.24) is 10.2 Å². The van der Waals surface area contributed by atoms with Crippen LogP contribution in [0.1, 0.15) is 5.56 Å². The van der Waals surface area contributed by atoms with E-state index in [0.29, 0.717) is 5.92 Å². The number of halogens is 1. The average Bonchev–Trinajstić information content (AvgIpc) is 2.82. The molecule has 1 saturated heterocycles.